The number of hydrogen-bond acceptors (Lipinski definition) is 3. The first-order valence-corrected chi connectivity index (χ1v) is 7.28. The van der Waals surface area contributed by atoms with E-state index in [9.17, 15) is 9.90 Å². The van der Waals surface area contributed by atoms with Gasteiger partial charge in [0.15, 0.2) is 0 Å². The van der Waals surface area contributed by atoms with Crippen LogP contribution in [0.4, 0.5) is 0 Å². The van der Waals surface area contributed by atoms with Crippen LogP contribution in [0.2, 0.25) is 0 Å². The van der Waals surface area contributed by atoms with Crippen LogP contribution >= 0.6 is 0 Å². The number of hydrogen-bond donors (Lipinski definition) is 3. The van der Waals surface area contributed by atoms with Crippen molar-refractivity contribution < 1.29 is 9.90 Å². The molecular formula is C14H28N2O2. The first-order valence-electron chi connectivity index (χ1n) is 7.28. The van der Waals surface area contributed by atoms with E-state index in [0.717, 1.165) is 32.1 Å². The standard InChI is InChI=1S/C14H28N2O2/c1-11(8-9-15)6-7-14(18)16-10-12-4-2-3-5-13(12)17/h11-13,17H,2-10,15H2,1H3,(H,16,18). The maximum absolute atomic E-state index is 11.7. The molecule has 0 aromatic heterocycles. The van der Waals surface area contributed by atoms with E-state index in [4.69, 9.17) is 5.73 Å². The second kappa shape index (κ2) is 8.48. The third kappa shape index (κ3) is 5.83. The highest BCUT2D eigenvalue weighted by molar-refractivity contribution is 5.75. The fraction of sp³-hybridized carbons (Fsp3) is 0.929. The molecule has 3 unspecified atom stereocenters. The number of amides is 1. The third-order valence-corrected chi connectivity index (χ3v) is 3.95. The lowest BCUT2D eigenvalue weighted by Gasteiger charge is -2.27. The average molecular weight is 256 g/mol. The monoisotopic (exact) mass is 256 g/mol. The highest BCUT2D eigenvalue weighted by atomic mass is 16.3. The van der Waals surface area contributed by atoms with Gasteiger partial charge in [-0.3, -0.25) is 4.79 Å². The molecule has 0 aliphatic heterocycles. The Bertz CT molecular complexity index is 246. The molecule has 0 bridgehead atoms. The molecule has 3 atom stereocenters. The van der Waals surface area contributed by atoms with Crippen molar-refractivity contribution in [1.29, 1.82) is 0 Å². The van der Waals surface area contributed by atoms with Gasteiger partial charge in [0.2, 0.25) is 5.91 Å². The molecule has 4 heteroatoms. The summed E-state index contributed by atoms with van der Waals surface area (Å²) in [5.74, 6) is 0.877. The summed E-state index contributed by atoms with van der Waals surface area (Å²) in [7, 11) is 0. The van der Waals surface area contributed by atoms with Gasteiger partial charge in [-0.15, -0.1) is 0 Å². The lowest BCUT2D eigenvalue weighted by Crippen LogP contribution is -2.36. The number of nitrogens with one attached hydrogen (secondary N) is 1. The molecule has 1 saturated carbocycles. The Morgan fingerprint density at radius 3 is 2.78 bits per heavy atom. The number of rotatable bonds is 7. The van der Waals surface area contributed by atoms with Crippen molar-refractivity contribution in [3.05, 3.63) is 0 Å². The molecule has 0 saturated heterocycles. The molecule has 106 valence electrons. The molecule has 18 heavy (non-hydrogen) atoms. The normalized spacial score (nSPS) is 25.7. The van der Waals surface area contributed by atoms with Crippen molar-refractivity contribution in [1.82, 2.24) is 5.32 Å². The summed E-state index contributed by atoms with van der Waals surface area (Å²) in [6.07, 6.45) is 6.43. The van der Waals surface area contributed by atoms with Crippen molar-refractivity contribution >= 4 is 5.91 Å². The van der Waals surface area contributed by atoms with Crippen LogP contribution < -0.4 is 11.1 Å². The predicted molar refractivity (Wildman–Crippen MR) is 73.0 cm³/mol. The summed E-state index contributed by atoms with van der Waals surface area (Å²) in [6.45, 7) is 3.45. The second-order valence-electron chi connectivity index (χ2n) is 5.64. The number of nitrogens with two attached hydrogens (primary N) is 1. The van der Waals surface area contributed by atoms with E-state index in [2.05, 4.69) is 12.2 Å². The SMILES string of the molecule is CC(CCN)CCC(=O)NCC1CCCCC1O. The van der Waals surface area contributed by atoms with Gasteiger partial charge in [0.05, 0.1) is 6.10 Å². The quantitative estimate of drug-likeness (QED) is 0.645. The zero-order valence-electron chi connectivity index (χ0n) is 11.5. The van der Waals surface area contributed by atoms with Crippen LogP contribution in [0.3, 0.4) is 0 Å². The van der Waals surface area contributed by atoms with Crippen molar-refractivity contribution in [3.8, 4) is 0 Å². The Morgan fingerprint density at radius 1 is 1.39 bits per heavy atom. The molecule has 1 amide bonds. The maximum Gasteiger partial charge on any atom is 0.220 e. The van der Waals surface area contributed by atoms with Crippen molar-refractivity contribution in [3.63, 3.8) is 0 Å². The molecule has 0 aromatic rings. The molecule has 1 aliphatic carbocycles. The molecule has 4 N–H and O–H groups in total. The maximum atomic E-state index is 11.7. The largest absolute Gasteiger partial charge is 0.393 e. The Hall–Kier alpha value is -0.610. The summed E-state index contributed by atoms with van der Waals surface area (Å²) in [5.41, 5.74) is 5.48. The molecule has 1 rings (SSSR count). The van der Waals surface area contributed by atoms with E-state index in [1.807, 2.05) is 0 Å². The summed E-state index contributed by atoms with van der Waals surface area (Å²) < 4.78 is 0. The van der Waals surface area contributed by atoms with Crippen LogP contribution in [0.15, 0.2) is 0 Å². The van der Waals surface area contributed by atoms with E-state index in [1.165, 1.54) is 6.42 Å². The van der Waals surface area contributed by atoms with Crippen LogP contribution in [0.25, 0.3) is 0 Å². The van der Waals surface area contributed by atoms with Crippen LogP contribution in [0.1, 0.15) is 51.9 Å². The van der Waals surface area contributed by atoms with Gasteiger partial charge in [-0.25, -0.2) is 0 Å². The first-order chi connectivity index (χ1) is 8.63. The number of carbonyl (C=O) groups excluding carboxylic acids is 1. The Balaban J connectivity index is 2.12. The molecule has 1 fully saturated rings. The van der Waals surface area contributed by atoms with Gasteiger partial charge in [-0.1, -0.05) is 19.8 Å². The van der Waals surface area contributed by atoms with Gasteiger partial charge in [0, 0.05) is 18.9 Å². The average Bonchev–Trinajstić information content (AvgIpc) is 2.36. The predicted octanol–water partition coefficient (Wildman–Crippen LogP) is 1.42. The number of carbonyl (C=O) groups is 1. The smallest absolute Gasteiger partial charge is 0.220 e. The van der Waals surface area contributed by atoms with Crippen LogP contribution in [0, 0.1) is 11.8 Å². The van der Waals surface area contributed by atoms with Gasteiger partial charge >= 0.3 is 0 Å². The van der Waals surface area contributed by atoms with Crippen molar-refractivity contribution in [2.24, 2.45) is 17.6 Å². The van der Waals surface area contributed by atoms with Gasteiger partial charge in [-0.05, 0) is 38.1 Å². The number of aliphatic hydroxyl groups is 1. The lowest BCUT2D eigenvalue weighted by molar-refractivity contribution is -0.121. The molecule has 4 nitrogen and oxygen atoms in total. The topological polar surface area (TPSA) is 75.4 Å². The fourth-order valence-electron chi connectivity index (χ4n) is 2.57. The minimum atomic E-state index is -0.227. The van der Waals surface area contributed by atoms with Crippen LogP contribution in [0.5, 0.6) is 0 Å². The lowest BCUT2D eigenvalue weighted by atomic mass is 9.86. The summed E-state index contributed by atoms with van der Waals surface area (Å²) in [5, 5.41) is 12.8. The highest BCUT2D eigenvalue weighted by Gasteiger charge is 2.23. The van der Waals surface area contributed by atoms with Gasteiger partial charge in [0.1, 0.15) is 0 Å². The summed E-state index contributed by atoms with van der Waals surface area (Å²) in [6, 6.07) is 0. The van der Waals surface area contributed by atoms with E-state index < -0.39 is 0 Å². The van der Waals surface area contributed by atoms with Gasteiger partial charge in [0.25, 0.3) is 0 Å². The highest BCUT2D eigenvalue weighted by Crippen LogP contribution is 2.23. The zero-order valence-corrected chi connectivity index (χ0v) is 11.5. The minimum absolute atomic E-state index is 0.108. The molecule has 0 spiro atoms. The Kier molecular flexibility index (Phi) is 7.28. The van der Waals surface area contributed by atoms with Gasteiger partial charge in [-0.2, -0.15) is 0 Å². The Labute approximate surface area is 110 Å². The molecule has 0 aromatic carbocycles. The van der Waals surface area contributed by atoms with Crippen LogP contribution in [-0.2, 0) is 4.79 Å². The minimum Gasteiger partial charge on any atom is -0.393 e. The van der Waals surface area contributed by atoms with E-state index >= 15 is 0 Å². The summed E-state index contributed by atoms with van der Waals surface area (Å²) >= 11 is 0. The second-order valence-corrected chi connectivity index (χ2v) is 5.64. The van der Waals surface area contributed by atoms with Gasteiger partial charge < -0.3 is 16.2 Å². The third-order valence-electron chi connectivity index (χ3n) is 3.95. The molecule has 0 heterocycles. The Morgan fingerprint density at radius 2 is 2.11 bits per heavy atom. The van der Waals surface area contributed by atoms with Crippen LogP contribution in [-0.4, -0.2) is 30.2 Å². The summed E-state index contributed by atoms with van der Waals surface area (Å²) in [4.78, 5) is 11.7. The zero-order chi connectivity index (χ0) is 13.4. The molecular weight excluding hydrogens is 228 g/mol. The van der Waals surface area contributed by atoms with Crippen molar-refractivity contribution in [2.75, 3.05) is 13.1 Å². The molecule has 1 aliphatic rings. The molecule has 0 radical (unpaired) electrons. The first kappa shape index (κ1) is 15.4. The van der Waals surface area contributed by atoms with E-state index in [0.29, 0.717) is 25.4 Å². The number of aliphatic hydroxyl groups excluding tert-OH is 1. The van der Waals surface area contributed by atoms with E-state index in [-0.39, 0.29) is 17.9 Å². The van der Waals surface area contributed by atoms with E-state index in [1.54, 1.807) is 0 Å². The van der Waals surface area contributed by atoms with Crippen molar-refractivity contribution in [2.45, 2.75) is 58.0 Å². The fourth-order valence-corrected chi connectivity index (χ4v) is 2.57.